The van der Waals surface area contributed by atoms with Crippen molar-refractivity contribution < 1.29 is 14.3 Å². The predicted octanol–water partition coefficient (Wildman–Crippen LogP) is 4.10. The number of thioether (sulfide) groups is 1. The van der Waals surface area contributed by atoms with Crippen LogP contribution in [0.1, 0.15) is 25.3 Å². The van der Waals surface area contributed by atoms with Crippen LogP contribution < -0.4 is 19.7 Å². The van der Waals surface area contributed by atoms with Crippen LogP contribution in [0, 0.1) is 0 Å². The Kier molecular flexibility index (Phi) is 7.09. The van der Waals surface area contributed by atoms with Crippen LogP contribution in [0.2, 0.25) is 0 Å². The average Bonchev–Trinajstić information content (AvgIpc) is 3.27. The third kappa shape index (κ3) is 5.13. The van der Waals surface area contributed by atoms with Gasteiger partial charge < -0.3 is 19.7 Å². The minimum atomic E-state index is -0.207. The molecule has 0 saturated carbocycles. The molecule has 1 fully saturated rings. The van der Waals surface area contributed by atoms with Crippen LogP contribution in [0.25, 0.3) is 0 Å². The van der Waals surface area contributed by atoms with Gasteiger partial charge in [0.2, 0.25) is 5.91 Å². The second-order valence-corrected chi connectivity index (χ2v) is 8.27. The number of hydrogen-bond donors (Lipinski definition) is 1. The summed E-state index contributed by atoms with van der Waals surface area (Å²) in [7, 11) is 3.22. The fourth-order valence-electron chi connectivity index (χ4n) is 3.28. The largest absolute Gasteiger partial charge is 0.493 e. The molecule has 1 amide bonds. The topological polar surface area (TPSA) is 50.8 Å². The van der Waals surface area contributed by atoms with Crippen LogP contribution in [-0.4, -0.2) is 38.5 Å². The van der Waals surface area contributed by atoms with Gasteiger partial charge in [-0.1, -0.05) is 12.1 Å². The monoisotopic (exact) mass is 400 g/mol. The number of ether oxygens (including phenoxy) is 2. The van der Waals surface area contributed by atoms with Gasteiger partial charge in [-0.3, -0.25) is 4.79 Å². The number of methoxy groups -OCH3 is 2. The first-order chi connectivity index (χ1) is 13.6. The Morgan fingerprint density at radius 2 is 1.75 bits per heavy atom. The molecule has 2 aromatic rings. The van der Waals surface area contributed by atoms with Gasteiger partial charge in [0.25, 0.3) is 0 Å². The minimum absolute atomic E-state index is 0.0170. The average molecular weight is 401 g/mol. The lowest BCUT2D eigenvalue weighted by Gasteiger charge is -2.18. The molecular weight excluding hydrogens is 372 g/mol. The number of nitrogens with one attached hydrogen (secondary N) is 1. The van der Waals surface area contributed by atoms with E-state index in [2.05, 4.69) is 34.5 Å². The molecule has 0 bridgehead atoms. The molecule has 1 N–H and O–H groups in total. The van der Waals surface area contributed by atoms with Gasteiger partial charge in [0.1, 0.15) is 0 Å². The van der Waals surface area contributed by atoms with Crippen molar-refractivity contribution in [3.05, 3.63) is 48.0 Å². The number of carbonyl (C=O) groups is 1. The van der Waals surface area contributed by atoms with E-state index in [-0.39, 0.29) is 11.2 Å². The van der Waals surface area contributed by atoms with Crippen LogP contribution in [0.15, 0.2) is 47.4 Å². The molecule has 0 aliphatic carbocycles. The summed E-state index contributed by atoms with van der Waals surface area (Å²) >= 11 is 1.50. The Morgan fingerprint density at radius 3 is 2.39 bits per heavy atom. The first kappa shape index (κ1) is 20.4. The highest BCUT2D eigenvalue weighted by molar-refractivity contribution is 8.00. The van der Waals surface area contributed by atoms with Crippen molar-refractivity contribution in [3.63, 3.8) is 0 Å². The van der Waals surface area contributed by atoms with E-state index in [1.807, 2.05) is 25.1 Å². The quantitative estimate of drug-likeness (QED) is 0.676. The molecule has 0 aromatic heterocycles. The standard InChI is InChI=1S/C22H28N2O3S/c1-16(28-19-10-11-20(26-2)21(14-19)27-3)22(25)23-15-17-6-8-18(9-7-17)24-12-4-5-13-24/h6-11,14,16H,4-5,12-13,15H2,1-3H3,(H,23,25). The van der Waals surface area contributed by atoms with Crippen molar-refractivity contribution in [1.82, 2.24) is 5.32 Å². The van der Waals surface area contributed by atoms with Crippen molar-refractivity contribution in [2.75, 3.05) is 32.2 Å². The first-order valence-corrected chi connectivity index (χ1v) is 10.5. The Morgan fingerprint density at radius 1 is 1.07 bits per heavy atom. The SMILES string of the molecule is COc1ccc(SC(C)C(=O)NCc2ccc(N3CCCC3)cc2)cc1OC. The summed E-state index contributed by atoms with van der Waals surface area (Å²) in [6.45, 7) is 4.73. The molecule has 1 aliphatic rings. The Bertz CT molecular complexity index is 789. The first-order valence-electron chi connectivity index (χ1n) is 9.61. The molecule has 2 aromatic carbocycles. The number of anilines is 1. The zero-order valence-corrected chi connectivity index (χ0v) is 17.6. The Balaban J connectivity index is 1.51. The lowest BCUT2D eigenvalue weighted by atomic mass is 10.2. The van der Waals surface area contributed by atoms with E-state index in [0.717, 1.165) is 23.5 Å². The molecule has 150 valence electrons. The van der Waals surface area contributed by atoms with Crippen molar-refractivity contribution in [2.24, 2.45) is 0 Å². The predicted molar refractivity (Wildman–Crippen MR) is 115 cm³/mol. The van der Waals surface area contributed by atoms with E-state index < -0.39 is 0 Å². The van der Waals surface area contributed by atoms with Crippen molar-refractivity contribution >= 4 is 23.4 Å². The lowest BCUT2D eigenvalue weighted by Crippen LogP contribution is -2.30. The molecule has 1 aliphatic heterocycles. The Labute approximate surface area is 171 Å². The lowest BCUT2D eigenvalue weighted by molar-refractivity contribution is -0.120. The van der Waals surface area contributed by atoms with Gasteiger partial charge in [-0.2, -0.15) is 0 Å². The van der Waals surface area contributed by atoms with Gasteiger partial charge in [0, 0.05) is 30.2 Å². The number of nitrogens with zero attached hydrogens (tertiary/aromatic N) is 1. The molecule has 1 unspecified atom stereocenters. The molecule has 1 heterocycles. The molecular formula is C22H28N2O3S. The van der Waals surface area contributed by atoms with E-state index in [0.29, 0.717) is 18.0 Å². The molecule has 28 heavy (non-hydrogen) atoms. The normalized spacial score (nSPS) is 14.6. The maximum atomic E-state index is 12.5. The van der Waals surface area contributed by atoms with Gasteiger partial charge in [0.05, 0.1) is 19.5 Å². The maximum absolute atomic E-state index is 12.5. The van der Waals surface area contributed by atoms with E-state index in [1.165, 1.54) is 30.3 Å². The van der Waals surface area contributed by atoms with E-state index in [4.69, 9.17) is 9.47 Å². The number of rotatable bonds is 8. The fraction of sp³-hybridized carbons (Fsp3) is 0.409. The highest BCUT2D eigenvalue weighted by Gasteiger charge is 2.16. The van der Waals surface area contributed by atoms with Gasteiger partial charge in [-0.15, -0.1) is 11.8 Å². The van der Waals surface area contributed by atoms with Gasteiger partial charge >= 0.3 is 0 Å². The van der Waals surface area contributed by atoms with Crippen LogP contribution in [0.4, 0.5) is 5.69 Å². The Hall–Kier alpha value is -2.34. The number of carbonyl (C=O) groups excluding carboxylic acids is 1. The fourth-order valence-corrected chi connectivity index (χ4v) is 4.20. The van der Waals surface area contributed by atoms with Gasteiger partial charge in [-0.25, -0.2) is 0 Å². The number of hydrogen-bond acceptors (Lipinski definition) is 5. The molecule has 1 atom stereocenters. The zero-order chi connectivity index (χ0) is 19.9. The van der Waals surface area contributed by atoms with Crippen LogP contribution in [0.5, 0.6) is 11.5 Å². The van der Waals surface area contributed by atoms with Crippen LogP contribution >= 0.6 is 11.8 Å². The molecule has 0 radical (unpaired) electrons. The van der Waals surface area contributed by atoms with Gasteiger partial charge in [-0.05, 0) is 55.7 Å². The van der Waals surface area contributed by atoms with Crippen molar-refractivity contribution in [2.45, 2.75) is 36.5 Å². The summed E-state index contributed by atoms with van der Waals surface area (Å²) in [5.74, 6) is 1.36. The second kappa shape index (κ2) is 9.73. The third-order valence-electron chi connectivity index (χ3n) is 4.91. The zero-order valence-electron chi connectivity index (χ0n) is 16.7. The molecule has 5 nitrogen and oxygen atoms in total. The summed E-state index contributed by atoms with van der Waals surface area (Å²) < 4.78 is 10.6. The molecule has 3 rings (SSSR count). The minimum Gasteiger partial charge on any atom is -0.493 e. The molecule has 1 saturated heterocycles. The highest BCUT2D eigenvalue weighted by atomic mass is 32.2. The number of benzene rings is 2. The summed E-state index contributed by atoms with van der Waals surface area (Å²) in [6, 6.07) is 14.2. The molecule has 6 heteroatoms. The van der Waals surface area contributed by atoms with E-state index in [9.17, 15) is 4.79 Å². The van der Waals surface area contributed by atoms with Crippen LogP contribution in [-0.2, 0) is 11.3 Å². The van der Waals surface area contributed by atoms with Crippen molar-refractivity contribution in [3.8, 4) is 11.5 Å². The number of amides is 1. The summed E-state index contributed by atoms with van der Waals surface area (Å²) in [6.07, 6.45) is 2.54. The van der Waals surface area contributed by atoms with Gasteiger partial charge in [0.15, 0.2) is 11.5 Å². The van der Waals surface area contributed by atoms with E-state index >= 15 is 0 Å². The highest BCUT2D eigenvalue weighted by Crippen LogP contribution is 2.33. The maximum Gasteiger partial charge on any atom is 0.233 e. The second-order valence-electron chi connectivity index (χ2n) is 6.86. The summed E-state index contributed by atoms with van der Waals surface area (Å²) in [5.41, 5.74) is 2.38. The smallest absolute Gasteiger partial charge is 0.233 e. The molecule has 0 spiro atoms. The summed E-state index contributed by atoms with van der Waals surface area (Å²) in [4.78, 5) is 15.9. The third-order valence-corrected chi connectivity index (χ3v) is 6.01. The van der Waals surface area contributed by atoms with E-state index in [1.54, 1.807) is 14.2 Å². The van der Waals surface area contributed by atoms with Crippen LogP contribution in [0.3, 0.4) is 0 Å². The van der Waals surface area contributed by atoms with Crippen molar-refractivity contribution in [1.29, 1.82) is 0 Å². The summed E-state index contributed by atoms with van der Waals surface area (Å²) in [5, 5.41) is 2.82.